The van der Waals surface area contributed by atoms with Crippen molar-refractivity contribution in [1.29, 1.82) is 5.26 Å². The fraction of sp³-hybridized carbons (Fsp3) is 0.467. The SMILES string of the molecule is CC(CC(=O)Nc1cc(Br)ccc1C#N)C(C)(C)C. The Bertz CT molecular complexity index is 512. The number of benzene rings is 1. The Morgan fingerprint density at radius 3 is 2.63 bits per heavy atom. The molecule has 0 saturated carbocycles. The highest BCUT2D eigenvalue weighted by molar-refractivity contribution is 9.10. The van der Waals surface area contributed by atoms with Gasteiger partial charge >= 0.3 is 0 Å². The van der Waals surface area contributed by atoms with Gasteiger partial charge in [-0.15, -0.1) is 0 Å². The predicted octanol–water partition coefficient (Wildman–Crippen LogP) is 4.33. The molecule has 0 saturated heterocycles. The maximum Gasteiger partial charge on any atom is 0.224 e. The number of halogens is 1. The summed E-state index contributed by atoms with van der Waals surface area (Å²) in [6.45, 7) is 8.41. The van der Waals surface area contributed by atoms with Crippen LogP contribution in [0.3, 0.4) is 0 Å². The van der Waals surface area contributed by atoms with Gasteiger partial charge in [0, 0.05) is 10.9 Å². The highest BCUT2D eigenvalue weighted by atomic mass is 79.9. The Balaban J connectivity index is 2.78. The number of nitrogens with one attached hydrogen (secondary N) is 1. The number of carbonyl (C=O) groups excluding carboxylic acids is 1. The zero-order chi connectivity index (χ0) is 14.6. The van der Waals surface area contributed by atoms with Gasteiger partial charge in [-0.25, -0.2) is 0 Å². The van der Waals surface area contributed by atoms with Crippen molar-refractivity contribution in [2.24, 2.45) is 11.3 Å². The minimum Gasteiger partial charge on any atom is -0.325 e. The largest absolute Gasteiger partial charge is 0.325 e. The van der Waals surface area contributed by atoms with E-state index < -0.39 is 0 Å². The highest BCUT2D eigenvalue weighted by Crippen LogP contribution is 2.28. The number of hydrogen-bond acceptors (Lipinski definition) is 2. The van der Waals surface area contributed by atoms with Crippen molar-refractivity contribution in [3.8, 4) is 6.07 Å². The van der Waals surface area contributed by atoms with E-state index in [0.29, 0.717) is 17.7 Å². The molecule has 1 unspecified atom stereocenters. The van der Waals surface area contributed by atoms with E-state index in [0.717, 1.165) is 4.47 Å². The zero-order valence-electron chi connectivity index (χ0n) is 11.7. The molecule has 0 aliphatic heterocycles. The van der Waals surface area contributed by atoms with Crippen molar-refractivity contribution in [2.75, 3.05) is 5.32 Å². The number of hydrogen-bond donors (Lipinski definition) is 1. The molecule has 1 N–H and O–H groups in total. The van der Waals surface area contributed by atoms with E-state index in [1.54, 1.807) is 18.2 Å². The highest BCUT2D eigenvalue weighted by Gasteiger charge is 2.22. The summed E-state index contributed by atoms with van der Waals surface area (Å²) in [5.74, 6) is 0.210. The molecule has 1 atom stereocenters. The van der Waals surface area contributed by atoms with Gasteiger partial charge < -0.3 is 5.32 Å². The summed E-state index contributed by atoms with van der Waals surface area (Å²) in [4.78, 5) is 12.0. The molecule has 0 heterocycles. The Kier molecular flexibility index (Phi) is 5.13. The first-order chi connectivity index (χ1) is 8.74. The third-order valence-corrected chi connectivity index (χ3v) is 3.84. The second-order valence-corrected chi connectivity index (χ2v) is 6.74. The molecule has 0 radical (unpaired) electrons. The molecule has 1 amide bonds. The van der Waals surface area contributed by atoms with Crippen molar-refractivity contribution in [2.45, 2.75) is 34.1 Å². The fourth-order valence-corrected chi connectivity index (χ4v) is 1.86. The molecule has 1 rings (SSSR count). The molecule has 4 heteroatoms. The van der Waals surface area contributed by atoms with Gasteiger partial charge in [-0.1, -0.05) is 43.6 Å². The van der Waals surface area contributed by atoms with E-state index in [4.69, 9.17) is 5.26 Å². The summed E-state index contributed by atoms with van der Waals surface area (Å²) >= 11 is 3.34. The van der Waals surface area contributed by atoms with Crippen molar-refractivity contribution in [1.82, 2.24) is 0 Å². The van der Waals surface area contributed by atoms with Crippen LogP contribution >= 0.6 is 15.9 Å². The topological polar surface area (TPSA) is 52.9 Å². The van der Waals surface area contributed by atoms with E-state index in [2.05, 4.69) is 55.0 Å². The van der Waals surface area contributed by atoms with E-state index in [-0.39, 0.29) is 17.2 Å². The van der Waals surface area contributed by atoms with Crippen LogP contribution in [0.1, 0.15) is 39.7 Å². The average Bonchev–Trinajstić information content (AvgIpc) is 2.27. The van der Waals surface area contributed by atoms with E-state index in [9.17, 15) is 4.79 Å². The quantitative estimate of drug-likeness (QED) is 0.900. The van der Waals surface area contributed by atoms with Gasteiger partial charge in [0.05, 0.1) is 11.3 Å². The van der Waals surface area contributed by atoms with E-state index in [1.807, 2.05) is 0 Å². The van der Waals surface area contributed by atoms with Crippen molar-refractivity contribution < 1.29 is 4.79 Å². The van der Waals surface area contributed by atoms with Crippen molar-refractivity contribution >= 4 is 27.5 Å². The van der Waals surface area contributed by atoms with Gasteiger partial charge in [-0.3, -0.25) is 4.79 Å². The number of nitriles is 1. The summed E-state index contributed by atoms with van der Waals surface area (Å²) in [5, 5.41) is 11.8. The number of carbonyl (C=O) groups is 1. The summed E-state index contributed by atoms with van der Waals surface area (Å²) in [7, 11) is 0. The summed E-state index contributed by atoms with van der Waals surface area (Å²) in [5.41, 5.74) is 1.12. The summed E-state index contributed by atoms with van der Waals surface area (Å²) in [6.07, 6.45) is 0.445. The van der Waals surface area contributed by atoms with Crippen molar-refractivity contribution in [3.63, 3.8) is 0 Å². The van der Waals surface area contributed by atoms with Crippen LogP contribution in [0.5, 0.6) is 0 Å². The van der Waals surface area contributed by atoms with Gasteiger partial charge in [0.2, 0.25) is 5.91 Å². The van der Waals surface area contributed by atoms with Gasteiger partial charge in [0.15, 0.2) is 0 Å². The van der Waals surface area contributed by atoms with Gasteiger partial charge in [0.1, 0.15) is 6.07 Å². The van der Waals surface area contributed by atoms with Crippen LogP contribution < -0.4 is 5.32 Å². The zero-order valence-corrected chi connectivity index (χ0v) is 13.3. The maximum absolute atomic E-state index is 12.0. The fourth-order valence-electron chi connectivity index (χ4n) is 1.50. The predicted molar refractivity (Wildman–Crippen MR) is 80.7 cm³/mol. The molecule has 0 spiro atoms. The Labute approximate surface area is 123 Å². The van der Waals surface area contributed by atoms with Crippen LogP contribution in [0.25, 0.3) is 0 Å². The van der Waals surface area contributed by atoms with Crippen LogP contribution in [0.15, 0.2) is 22.7 Å². The average molecular weight is 323 g/mol. The minimum atomic E-state index is -0.0583. The van der Waals surface area contributed by atoms with Gasteiger partial charge in [-0.2, -0.15) is 5.26 Å². The maximum atomic E-state index is 12.0. The number of rotatable bonds is 3. The van der Waals surface area contributed by atoms with Crippen LogP contribution in [-0.2, 0) is 4.79 Å². The summed E-state index contributed by atoms with van der Waals surface area (Å²) < 4.78 is 0.839. The lowest BCUT2D eigenvalue weighted by Gasteiger charge is -2.26. The molecule has 19 heavy (non-hydrogen) atoms. The molecular weight excluding hydrogens is 304 g/mol. The lowest BCUT2D eigenvalue weighted by atomic mass is 9.80. The molecule has 0 aliphatic rings. The smallest absolute Gasteiger partial charge is 0.224 e. The lowest BCUT2D eigenvalue weighted by Crippen LogP contribution is -2.24. The van der Waals surface area contributed by atoms with E-state index >= 15 is 0 Å². The molecule has 0 aromatic heterocycles. The lowest BCUT2D eigenvalue weighted by molar-refractivity contribution is -0.117. The number of anilines is 1. The molecule has 1 aromatic carbocycles. The Morgan fingerprint density at radius 1 is 1.47 bits per heavy atom. The Morgan fingerprint density at radius 2 is 2.11 bits per heavy atom. The van der Waals surface area contributed by atoms with Crippen LogP contribution in [-0.4, -0.2) is 5.91 Å². The first-order valence-electron chi connectivity index (χ1n) is 6.23. The van der Waals surface area contributed by atoms with Crippen LogP contribution in [0, 0.1) is 22.7 Å². The van der Waals surface area contributed by atoms with Crippen LogP contribution in [0.2, 0.25) is 0 Å². The Hall–Kier alpha value is -1.34. The third-order valence-electron chi connectivity index (χ3n) is 3.35. The third kappa shape index (κ3) is 4.68. The molecular formula is C15H19BrN2O. The van der Waals surface area contributed by atoms with E-state index in [1.165, 1.54) is 0 Å². The van der Waals surface area contributed by atoms with Crippen molar-refractivity contribution in [3.05, 3.63) is 28.2 Å². The first-order valence-corrected chi connectivity index (χ1v) is 7.03. The van der Waals surface area contributed by atoms with Gasteiger partial charge in [-0.05, 0) is 29.5 Å². The number of amides is 1. The van der Waals surface area contributed by atoms with Gasteiger partial charge in [0.25, 0.3) is 0 Å². The molecule has 102 valence electrons. The number of nitrogens with zero attached hydrogens (tertiary/aromatic N) is 1. The second kappa shape index (κ2) is 6.21. The normalized spacial score (nSPS) is 12.6. The molecule has 3 nitrogen and oxygen atoms in total. The second-order valence-electron chi connectivity index (χ2n) is 5.82. The molecule has 0 aliphatic carbocycles. The molecule has 0 fully saturated rings. The first kappa shape index (κ1) is 15.7. The van der Waals surface area contributed by atoms with Crippen LogP contribution in [0.4, 0.5) is 5.69 Å². The monoisotopic (exact) mass is 322 g/mol. The molecule has 1 aromatic rings. The molecule has 0 bridgehead atoms. The summed E-state index contributed by atoms with van der Waals surface area (Å²) in [6, 6.07) is 7.30. The standard InChI is InChI=1S/C15H19BrN2O/c1-10(15(2,3)4)7-14(19)18-13-8-12(16)6-5-11(13)9-17/h5-6,8,10H,7H2,1-4H3,(H,18,19). The minimum absolute atomic E-state index is 0.0583.